The number of ether oxygens (including phenoxy) is 1. The van der Waals surface area contributed by atoms with Gasteiger partial charge in [-0.05, 0) is 24.0 Å². The van der Waals surface area contributed by atoms with Crippen LogP contribution in [0.25, 0.3) is 0 Å². The SMILES string of the molecule is O=C(CNC(=O)C1(c2ccccc2)CC1)OCc1ccccc1. The lowest BCUT2D eigenvalue weighted by atomic mass is 9.95. The maximum atomic E-state index is 12.4. The summed E-state index contributed by atoms with van der Waals surface area (Å²) >= 11 is 0. The molecule has 1 fully saturated rings. The van der Waals surface area contributed by atoms with Gasteiger partial charge in [-0.1, -0.05) is 60.7 Å². The van der Waals surface area contributed by atoms with Crippen molar-refractivity contribution in [2.75, 3.05) is 6.54 Å². The van der Waals surface area contributed by atoms with Crippen LogP contribution in [0.3, 0.4) is 0 Å². The quantitative estimate of drug-likeness (QED) is 0.834. The second-order valence-electron chi connectivity index (χ2n) is 5.78. The number of carbonyl (C=O) groups excluding carboxylic acids is 2. The molecule has 1 N–H and O–H groups in total. The van der Waals surface area contributed by atoms with E-state index < -0.39 is 11.4 Å². The van der Waals surface area contributed by atoms with Crippen LogP contribution in [0.5, 0.6) is 0 Å². The summed E-state index contributed by atoms with van der Waals surface area (Å²) in [5.41, 5.74) is 1.48. The fourth-order valence-corrected chi connectivity index (χ4v) is 2.64. The highest BCUT2D eigenvalue weighted by atomic mass is 16.5. The van der Waals surface area contributed by atoms with Crippen molar-refractivity contribution in [3.05, 3.63) is 71.8 Å². The van der Waals surface area contributed by atoms with E-state index in [0.29, 0.717) is 0 Å². The highest BCUT2D eigenvalue weighted by molar-refractivity contribution is 5.93. The van der Waals surface area contributed by atoms with Crippen molar-refractivity contribution in [1.82, 2.24) is 5.32 Å². The van der Waals surface area contributed by atoms with E-state index in [4.69, 9.17) is 4.74 Å². The molecule has 2 aromatic carbocycles. The third kappa shape index (κ3) is 3.59. The molecule has 0 spiro atoms. The van der Waals surface area contributed by atoms with Crippen molar-refractivity contribution >= 4 is 11.9 Å². The van der Waals surface area contributed by atoms with Gasteiger partial charge < -0.3 is 10.1 Å². The summed E-state index contributed by atoms with van der Waals surface area (Å²) in [6.45, 7) is 0.125. The van der Waals surface area contributed by atoms with Crippen LogP contribution >= 0.6 is 0 Å². The Labute approximate surface area is 135 Å². The summed E-state index contributed by atoms with van der Waals surface area (Å²) < 4.78 is 5.16. The Kier molecular flexibility index (Phi) is 4.42. The summed E-state index contributed by atoms with van der Waals surface area (Å²) in [7, 11) is 0. The van der Waals surface area contributed by atoms with Crippen molar-refractivity contribution in [3.8, 4) is 0 Å². The first-order chi connectivity index (χ1) is 11.2. The Hall–Kier alpha value is -2.62. The van der Waals surface area contributed by atoms with Gasteiger partial charge >= 0.3 is 5.97 Å². The molecule has 0 atom stereocenters. The van der Waals surface area contributed by atoms with E-state index in [9.17, 15) is 9.59 Å². The minimum absolute atomic E-state index is 0.0969. The number of rotatable bonds is 6. The first-order valence-corrected chi connectivity index (χ1v) is 7.74. The Morgan fingerprint density at radius 2 is 1.57 bits per heavy atom. The fourth-order valence-electron chi connectivity index (χ4n) is 2.64. The molecule has 0 heterocycles. The normalized spacial score (nSPS) is 14.8. The Morgan fingerprint density at radius 1 is 0.957 bits per heavy atom. The van der Waals surface area contributed by atoms with E-state index in [1.807, 2.05) is 60.7 Å². The number of hydrogen-bond donors (Lipinski definition) is 1. The number of esters is 1. The molecule has 1 saturated carbocycles. The summed E-state index contributed by atoms with van der Waals surface area (Å²) in [5, 5.41) is 2.71. The van der Waals surface area contributed by atoms with Crippen LogP contribution in [0.15, 0.2) is 60.7 Å². The maximum Gasteiger partial charge on any atom is 0.325 e. The monoisotopic (exact) mass is 309 g/mol. The lowest BCUT2D eigenvalue weighted by molar-refractivity contribution is -0.145. The Morgan fingerprint density at radius 3 is 2.17 bits per heavy atom. The maximum absolute atomic E-state index is 12.4. The van der Waals surface area contributed by atoms with Gasteiger partial charge in [0.2, 0.25) is 5.91 Å². The van der Waals surface area contributed by atoms with Gasteiger partial charge in [0.05, 0.1) is 5.41 Å². The van der Waals surface area contributed by atoms with E-state index >= 15 is 0 Å². The minimum Gasteiger partial charge on any atom is -0.460 e. The molecule has 4 heteroatoms. The zero-order valence-corrected chi connectivity index (χ0v) is 12.8. The number of amides is 1. The number of carbonyl (C=O) groups is 2. The Bertz CT molecular complexity index is 678. The van der Waals surface area contributed by atoms with Gasteiger partial charge in [0, 0.05) is 0 Å². The molecule has 23 heavy (non-hydrogen) atoms. The van der Waals surface area contributed by atoms with Crippen LogP contribution in [0.4, 0.5) is 0 Å². The average molecular weight is 309 g/mol. The van der Waals surface area contributed by atoms with Crippen LogP contribution in [0.2, 0.25) is 0 Å². The second kappa shape index (κ2) is 6.65. The van der Waals surface area contributed by atoms with Gasteiger partial charge in [-0.25, -0.2) is 0 Å². The van der Waals surface area contributed by atoms with Gasteiger partial charge in [0.15, 0.2) is 0 Å². The molecule has 0 radical (unpaired) electrons. The third-order valence-corrected chi connectivity index (χ3v) is 4.15. The van der Waals surface area contributed by atoms with Crippen molar-refractivity contribution in [1.29, 1.82) is 0 Å². The van der Waals surface area contributed by atoms with Crippen molar-refractivity contribution < 1.29 is 14.3 Å². The van der Waals surface area contributed by atoms with Crippen LogP contribution in [0, 0.1) is 0 Å². The lowest BCUT2D eigenvalue weighted by Crippen LogP contribution is -2.38. The zero-order valence-electron chi connectivity index (χ0n) is 12.8. The number of nitrogens with one attached hydrogen (secondary N) is 1. The predicted octanol–water partition coefficient (Wildman–Crippen LogP) is 2.58. The average Bonchev–Trinajstić information content (AvgIpc) is 3.41. The molecule has 0 aliphatic heterocycles. The van der Waals surface area contributed by atoms with Crippen LogP contribution in [-0.4, -0.2) is 18.4 Å². The molecule has 0 unspecified atom stereocenters. The van der Waals surface area contributed by atoms with Gasteiger partial charge in [-0.2, -0.15) is 0 Å². The van der Waals surface area contributed by atoms with Gasteiger partial charge in [-0.15, -0.1) is 0 Å². The largest absolute Gasteiger partial charge is 0.460 e. The standard InChI is InChI=1S/C19H19NO3/c21-17(23-14-15-7-3-1-4-8-15)13-20-18(22)19(11-12-19)16-9-5-2-6-10-16/h1-10H,11-14H2,(H,20,22). The van der Waals surface area contributed by atoms with E-state index in [-0.39, 0.29) is 19.1 Å². The zero-order chi connectivity index (χ0) is 16.1. The summed E-state index contributed by atoms with van der Waals surface area (Å²) in [6.07, 6.45) is 1.64. The Balaban J connectivity index is 1.48. The molecule has 1 amide bonds. The molecule has 0 saturated heterocycles. The summed E-state index contributed by atoms with van der Waals surface area (Å²) in [5.74, 6) is -0.522. The smallest absolute Gasteiger partial charge is 0.325 e. The van der Waals surface area contributed by atoms with Crippen molar-refractivity contribution in [3.63, 3.8) is 0 Å². The van der Waals surface area contributed by atoms with E-state index in [1.165, 1.54) is 0 Å². The van der Waals surface area contributed by atoms with Crippen molar-refractivity contribution in [2.24, 2.45) is 0 Å². The molecule has 118 valence electrons. The molecule has 4 nitrogen and oxygen atoms in total. The van der Waals surface area contributed by atoms with Gasteiger partial charge in [-0.3, -0.25) is 9.59 Å². The second-order valence-corrected chi connectivity index (χ2v) is 5.78. The topological polar surface area (TPSA) is 55.4 Å². The molecule has 1 aliphatic rings. The van der Waals surface area contributed by atoms with Crippen molar-refractivity contribution in [2.45, 2.75) is 24.9 Å². The molecule has 0 aromatic heterocycles. The van der Waals surface area contributed by atoms with Crippen LogP contribution in [-0.2, 0) is 26.3 Å². The fraction of sp³-hybridized carbons (Fsp3) is 0.263. The van der Waals surface area contributed by atoms with E-state index in [1.54, 1.807) is 0 Å². The summed E-state index contributed by atoms with van der Waals surface area (Å²) in [6, 6.07) is 19.2. The lowest BCUT2D eigenvalue weighted by Gasteiger charge is -2.15. The molecule has 1 aliphatic carbocycles. The van der Waals surface area contributed by atoms with E-state index in [2.05, 4.69) is 5.32 Å². The van der Waals surface area contributed by atoms with E-state index in [0.717, 1.165) is 24.0 Å². The molecular weight excluding hydrogens is 290 g/mol. The molecule has 0 bridgehead atoms. The first-order valence-electron chi connectivity index (χ1n) is 7.74. The predicted molar refractivity (Wildman–Crippen MR) is 86.6 cm³/mol. The van der Waals surface area contributed by atoms with Crippen LogP contribution < -0.4 is 5.32 Å². The number of hydrogen-bond acceptors (Lipinski definition) is 3. The number of benzene rings is 2. The third-order valence-electron chi connectivity index (χ3n) is 4.15. The minimum atomic E-state index is -0.457. The molecule has 3 rings (SSSR count). The molecular formula is C19H19NO3. The molecule has 2 aromatic rings. The highest BCUT2D eigenvalue weighted by Gasteiger charge is 2.51. The first kappa shape index (κ1) is 15.3. The highest BCUT2D eigenvalue weighted by Crippen LogP contribution is 2.48. The summed E-state index contributed by atoms with van der Waals surface area (Å²) in [4.78, 5) is 24.2. The van der Waals surface area contributed by atoms with Crippen LogP contribution in [0.1, 0.15) is 24.0 Å². The van der Waals surface area contributed by atoms with Gasteiger partial charge in [0.25, 0.3) is 0 Å². The van der Waals surface area contributed by atoms with Gasteiger partial charge in [0.1, 0.15) is 13.2 Å².